The van der Waals surface area contributed by atoms with Crippen molar-refractivity contribution in [2.24, 2.45) is 0 Å². The van der Waals surface area contributed by atoms with E-state index in [1.165, 1.54) is 0 Å². The number of nitrogen functional groups attached to an aromatic ring is 2. The van der Waals surface area contributed by atoms with Gasteiger partial charge in [-0.05, 0) is 18.6 Å². The highest BCUT2D eigenvalue weighted by Gasteiger charge is 2.06. The fourth-order valence-corrected chi connectivity index (χ4v) is 1.61. The molecule has 0 amide bonds. The summed E-state index contributed by atoms with van der Waals surface area (Å²) in [5.74, 6) is 0.821. The molecule has 1 aromatic carbocycles. The van der Waals surface area contributed by atoms with Crippen LogP contribution in [-0.4, -0.2) is 9.97 Å². The third-order valence-electron chi connectivity index (χ3n) is 2.41. The van der Waals surface area contributed by atoms with Gasteiger partial charge in [-0.25, -0.2) is 0 Å². The van der Waals surface area contributed by atoms with E-state index in [1.807, 2.05) is 19.1 Å². The van der Waals surface area contributed by atoms with Gasteiger partial charge in [0.05, 0.1) is 11.3 Å². The van der Waals surface area contributed by atoms with Gasteiger partial charge in [0.15, 0.2) is 0 Å². The van der Waals surface area contributed by atoms with Gasteiger partial charge in [-0.2, -0.15) is 15.2 Å². The Labute approximate surface area is 104 Å². The summed E-state index contributed by atoms with van der Waals surface area (Å²) in [5, 5.41) is 12.1. The van der Waals surface area contributed by atoms with Crippen molar-refractivity contribution in [2.45, 2.75) is 6.92 Å². The van der Waals surface area contributed by atoms with Gasteiger partial charge < -0.3 is 16.8 Å². The van der Waals surface area contributed by atoms with Crippen LogP contribution in [0.1, 0.15) is 11.1 Å². The van der Waals surface area contributed by atoms with E-state index in [1.54, 1.807) is 12.1 Å². The van der Waals surface area contributed by atoms with E-state index in [-0.39, 0.29) is 11.8 Å². The van der Waals surface area contributed by atoms with Crippen LogP contribution in [0.2, 0.25) is 0 Å². The van der Waals surface area contributed by atoms with Crippen molar-refractivity contribution in [2.75, 3.05) is 16.8 Å². The molecule has 0 saturated heterocycles. The molecule has 6 heteroatoms. The summed E-state index contributed by atoms with van der Waals surface area (Å²) < 4.78 is 0. The predicted octanol–water partition coefficient (Wildman–Crippen LogP) is 1.56. The molecule has 2 aromatic rings. The Morgan fingerprint density at radius 2 is 2.06 bits per heavy atom. The summed E-state index contributed by atoms with van der Waals surface area (Å²) in [4.78, 5) is 7.78. The van der Waals surface area contributed by atoms with Crippen LogP contribution in [0.15, 0.2) is 24.3 Å². The van der Waals surface area contributed by atoms with E-state index in [4.69, 9.17) is 16.7 Å². The van der Waals surface area contributed by atoms with Gasteiger partial charge in [0.1, 0.15) is 17.7 Å². The lowest BCUT2D eigenvalue weighted by Crippen LogP contribution is -2.04. The number of rotatable bonds is 2. The highest BCUT2D eigenvalue weighted by atomic mass is 15.1. The first kappa shape index (κ1) is 11.7. The van der Waals surface area contributed by atoms with Crippen LogP contribution in [0.3, 0.4) is 0 Å². The standard InChI is InChI=1S/C12H12N6/c1-7-3-2-4-9(8(7)6-13)16-11-5-10(14)17-12(15)18-11/h2-5H,1H3,(H5,14,15,16,17,18). The van der Waals surface area contributed by atoms with Crippen LogP contribution in [0.25, 0.3) is 0 Å². The second kappa shape index (κ2) is 4.59. The van der Waals surface area contributed by atoms with Gasteiger partial charge >= 0.3 is 0 Å². The average molecular weight is 240 g/mol. The fraction of sp³-hybridized carbons (Fsp3) is 0.0833. The van der Waals surface area contributed by atoms with Crippen molar-refractivity contribution in [1.29, 1.82) is 5.26 Å². The number of benzene rings is 1. The Hall–Kier alpha value is -2.81. The zero-order chi connectivity index (χ0) is 13.1. The summed E-state index contributed by atoms with van der Waals surface area (Å²) >= 11 is 0. The molecule has 0 spiro atoms. The molecular formula is C12H12N6. The van der Waals surface area contributed by atoms with E-state index in [9.17, 15) is 0 Å². The number of nitrogens with zero attached hydrogens (tertiary/aromatic N) is 3. The first-order chi connectivity index (χ1) is 8.60. The van der Waals surface area contributed by atoms with Crippen LogP contribution in [0.4, 0.5) is 23.3 Å². The summed E-state index contributed by atoms with van der Waals surface area (Å²) in [7, 11) is 0. The average Bonchev–Trinajstić information content (AvgIpc) is 2.27. The molecule has 0 aliphatic carbocycles. The number of nitrogens with one attached hydrogen (secondary N) is 1. The number of aryl methyl sites for hydroxylation is 1. The number of nitriles is 1. The maximum atomic E-state index is 9.11. The van der Waals surface area contributed by atoms with E-state index >= 15 is 0 Å². The van der Waals surface area contributed by atoms with Gasteiger partial charge in [0.2, 0.25) is 5.95 Å². The van der Waals surface area contributed by atoms with Crippen molar-refractivity contribution in [3.63, 3.8) is 0 Å². The van der Waals surface area contributed by atoms with E-state index in [2.05, 4.69) is 21.4 Å². The maximum absolute atomic E-state index is 9.11. The lowest BCUT2D eigenvalue weighted by Gasteiger charge is -2.09. The van der Waals surface area contributed by atoms with Crippen molar-refractivity contribution in [1.82, 2.24) is 9.97 Å². The number of nitrogens with two attached hydrogens (primary N) is 2. The highest BCUT2D eigenvalue weighted by Crippen LogP contribution is 2.22. The third-order valence-corrected chi connectivity index (χ3v) is 2.41. The zero-order valence-electron chi connectivity index (χ0n) is 9.81. The normalized spacial score (nSPS) is 9.78. The van der Waals surface area contributed by atoms with Crippen LogP contribution in [0.5, 0.6) is 0 Å². The van der Waals surface area contributed by atoms with E-state index in [0.29, 0.717) is 17.1 Å². The molecule has 1 aromatic heterocycles. The first-order valence-corrected chi connectivity index (χ1v) is 5.27. The number of hydrogen-bond donors (Lipinski definition) is 3. The third kappa shape index (κ3) is 2.30. The molecule has 6 nitrogen and oxygen atoms in total. The van der Waals surface area contributed by atoms with Gasteiger partial charge in [-0.1, -0.05) is 12.1 Å². The minimum Gasteiger partial charge on any atom is -0.383 e. The molecule has 0 saturated carbocycles. The topological polar surface area (TPSA) is 114 Å². The zero-order valence-corrected chi connectivity index (χ0v) is 9.81. The second-order valence-corrected chi connectivity index (χ2v) is 3.77. The van der Waals surface area contributed by atoms with Crippen molar-refractivity contribution >= 4 is 23.3 Å². The first-order valence-electron chi connectivity index (χ1n) is 5.27. The van der Waals surface area contributed by atoms with Gasteiger partial charge in [-0.15, -0.1) is 0 Å². The number of hydrogen-bond acceptors (Lipinski definition) is 6. The molecule has 1 heterocycles. The Balaban J connectivity index is 2.40. The second-order valence-electron chi connectivity index (χ2n) is 3.77. The van der Waals surface area contributed by atoms with E-state index in [0.717, 1.165) is 5.56 Å². The van der Waals surface area contributed by atoms with E-state index < -0.39 is 0 Å². The van der Waals surface area contributed by atoms with Crippen LogP contribution >= 0.6 is 0 Å². The van der Waals surface area contributed by atoms with Gasteiger partial charge in [0, 0.05) is 6.07 Å². The van der Waals surface area contributed by atoms with Crippen molar-refractivity contribution < 1.29 is 0 Å². The minimum atomic E-state index is 0.0867. The molecule has 0 fully saturated rings. The van der Waals surface area contributed by atoms with Gasteiger partial charge in [-0.3, -0.25) is 0 Å². The maximum Gasteiger partial charge on any atom is 0.223 e. The highest BCUT2D eigenvalue weighted by molar-refractivity contribution is 5.67. The molecule has 2 rings (SSSR count). The Morgan fingerprint density at radius 3 is 2.72 bits per heavy atom. The van der Waals surface area contributed by atoms with Crippen molar-refractivity contribution in [3.05, 3.63) is 35.4 Å². The molecule has 90 valence electrons. The number of anilines is 4. The molecule has 0 aliphatic heterocycles. The predicted molar refractivity (Wildman–Crippen MR) is 70.0 cm³/mol. The Kier molecular flexibility index (Phi) is 2.98. The molecular weight excluding hydrogens is 228 g/mol. The smallest absolute Gasteiger partial charge is 0.223 e. The van der Waals surface area contributed by atoms with Crippen LogP contribution in [-0.2, 0) is 0 Å². The quantitative estimate of drug-likeness (QED) is 0.734. The van der Waals surface area contributed by atoms with Crippen LogP contribution < -0.4 is 16.8 Å². The lowest BCUT2D eigenvalue weighted by molar-refractivity contribution is 1.19. The lowest BCUT2D eigenvalue weighted by atomic mass is 10.1. The number of aromatic nitrogens is 2. The van der Waals surface area contributed by atoms with Crippen molar-refractivity contribution in [3.8, 4) is 6.07 Å². The molecule has 0 radical (unpaired) electrons. The summed E-state index contributed by atoms with van der Waals surface area (Å²) in [6.45, 7) is 1.87. The summed E-state index contributed by atoms with van der Waals surface area (Å²) in [6, 6.07) is 9.21. The molecule has 0 unspecified atom stereocenters. The Bertz CT molecular complexity index is 609. The molecule has 0 atom stereocenters. The molecule has 0 aliphatic rings. The van der Waals surface area contributed by atoms with Gasteiger partial charge in [0.25, 0.3) is 0 Å². The largest absolute Gasteiger partial charge is 0.383 e. The summed E-state index contributed by atoms with van der Waals surface area (Å²) in [5.41, 5.74) is 13.2. The van der Waals surface area contributed by atoms with Crippen LogP contribution in [0, 0.1) is 18.3 Å². The molecule has 18 heavy (non-hydrogen) atoms. The summed E-state index contributed by atoms with van der Waals surface area (Å²) in [6.07, 6.45) is 0. The minimum absolute atomic E-state index is 0.0867. The SMILES string of the molecule is Cc1cccc(Nc2cc(N)nc(N)n2)c1C#N. The molecule has 0 bridgehead atoms. The Morgan fingerprint density at radius 1 is 1.28 bits per heavy atom. The fourth-order valence-electron chi connectivity index (χ4n) is 1.61. The molecule has 5 N–H and O–H groups in total. The monoisotopic (exact) mass is 240 g/mol.